The summed E-state index contributed by atoms with van der Waals surface area (Å²) in [6.45, 7) is 7.34. The summed E-state index contributed by atoms with van der Waals surface area (Å²) in [6, 6.07) is 32.0. The summed E-state index contributed by atoms with van der Waals surface area (Å²) in [5.74, 6) is 0.0613. The molecule has 4 rings (SSSR count). The third kappa shape index (κ3) is 5.33. The Kier molecular flexibility index (Phi) is 6.62. The van der Waals surface area contributed by atoms with Crippen molar-refractivity contribution in [3.63, 3.8) is 0 Å². The quantitative estimate of drug-likeness (QED) is 0.167. The molecule has 0 aliphatic carbocycles. The first-order valence-corrected chi connectivity index (χ1v) is 11.0. The number of aryl methyl sites for hydroxylation is 1. The van der Waals surface area contributed by atoms with Gasteiger partial charge in [0.2, 0.25) is 0 Å². The van der Waals surface area contributed by atoms with Gasteiger partial charge in [-0.15, -0.1) is 0 Å². The zero-order chi connectivity index (χ0) is 23.4. The summed E-state index contributed by atoms with van der Waals surface area (Å²) in [4.78, 5) is 14.0. The van der Waals surface area contributed by atoms with Crippen molar-refractivity contribution in [1.82, 2.24) is 0 Å². The van der Waals surface area contributed by atoms with Crippen LogP contribution in [-0.4, -0.2) is 5.97 Å². The zero-order valence-corrected chi connectivity index (χ0v) is 19.3. The summed E-state index contributed by atoms with van der Waals surface area (Å²) in [5.41, 5.74) is 6.65. The molecule has 164 valence electrons. The molecule has 3 nitrogen and oxygen atoms in total. The van der Waals surface area contributed by atoms with Gasteiger partial charge in [-0.3, -0.25) is 0 Å². The predicted molar refractivity (Wildman–Crippen MR) is 137 cm³/mol. The van der Waals surface area contributed by atoms with E-state index < -0.39 is 5.97 Å². The number of halogens is 1. The minimum atomic E-state index is -0.431. The Bertz CT molecular complexity index is 1230. The maximum Gasteiger partial charge on any atom is 0.338 e. The first-order chi connectivity index (χ1) is 15.9. The average molecular weight is 454 g/mol. The molecule has 0 aliphatic rings. The van der Waals surface area contributed by atoms with E-state index in [4.69, 9.17) is 16.3 Å². The second-order valence-electron chi connectivity index (χ2n) is 7.89. The Morgan fingerprint density at radius 1 is 0.788 bits per heavy atom. The van der Waals surface area contributed by atoms with Crippen LogP contribution in [-0.2, 0) is 4.79 Å². The molecule has 0 spiro atoms. The third-order valence-electron chi connectivity index (χ3n) is 5.23. The molecule has 4 aromatic carbocycles. The van der Waals surface area contributed by atoms with Crippen LogP contribution in [0.15, 0.2) is 109 Å². The second-order valence-corrected chi connectivity index (χ2v) is 8.33. The smallest absolute Gasteiger partial charge is 0.338 e. The molecule has 0 amide bonds. The van der Waals surface area contributed by atoms with Gasteiger partial charge in [0.1, 0.15) is 5.75 Å². The van der Waals surface area contributed by atoms with E-state index in [0.717, 1.165) is 28.2 Å². The summed E-state index contributed by atoms with van der Waals surface area (Å²) in [7, 11) is 0. The van der Waals surface area contributed by atoms with Gasteiger partial charge >= 0.3 is 5.97 Å². The van der Waals surface area contributed by atoms with Crippen LogP contribution in [0.1, 0.15) is 12.5 Å². The van der Waals surface area contributed by atoms with Crippen LogP contribution in [0.25, 0.3) is 11.1 Å². The number of anilines is 3. The SMILES string of the molecule is C=C(C)C(=O)Oc1cccc(-c2ccc(N(c3ccc(C)cc3)c3ccc(Cl)cc3)cc2)c1. The molecule has 33 heavy (non-hydrogen) atoms. The molecule has 0 N–H and O–H groups in total. The summed E-state index contributed by atoms with van der Waals surface area (Å²) in [6.07, 6.45) is 0. The topological polar surface area (TPSA) is 29.5 Å². The number of hydrogen-bond donors (Lipinski definition) is 0. The first kappa shape index (κ1) is 22.4. The van der Waals surface area contributed by atoms with E-state index in [1.807, 2.05) is 42.5 Å². The van der Waals surface area contributed by atoms with Crippen molar-refractivity contribution in [2.45, 2.75) is 13.8 Å². The number of nitrogens with zero attached hydrogens (tertiary/aromatic N) is 1. The molecule has 0 fully saturated rings. The fourth-order valence-electron chi connectivity index (χ4n) is 3.47. The highest BCUT2D eigenvalue weighted by Gasteiger charge is 2.13. The molecule has 4 aromatic rings. The van der Waals surface area contributed by atoms with Crippen LogP contribution in [0.2, 0.25) is 5.02 Å². The fraction of sp³-hybridized carbons (Fsp3) is 0.0690. The molecular weight excluding hydrogens is 430 g/mol. The lowest BCUT2D eigenvalue weighted by Gasteiger charge is -2.26. The fourth-order valence-corrected chi connectivity index (χ4v) is 3.59. The normalized spacial score (nSPS) is 10.5. The van der Waals surface area contributed by atoms with Gasteiger partial charge in [0.15, 0.2) is 0 Å². The van der Waals surface area contributed by atoms with E-state index in [-0.39, 0.29) is 0 Å². The number of ether oxygens (including phenoxy) is 1. The lowest BCUT2D eigenvalue weighted by molar-refractivity contribution is -0.130. The Labute approximate surface area is 199 Å². The molecule has 0 unspecified atom stereocenters. The largest absolute Gasteiger partial charge is 0.423 e. The molecular formula is C29H24ClNO2. The summed E-state index contributed by atoms with van der Waals surface area (Å²) < 4.78 is 5.38. The molecule has 0 saturated carbocycles. The molecule has 0 aromatic heterocycles. The van der Waals surface area contributed by atoms with Crippen molar-refractivity contribution in [2.24, 2.45) is 0 Å². The van der Waals surface area contributed by atoms with Crippen molar-refractivity contribution in [1.29, 1.82) is 0 Å². The van der Waals surface area contributed by atoms with Crippen LogP contribution in [0.5, 0.6) is 5.75 Å². The Balaban J connectivity index is 1.67. The van der Waals surface area contributed by atoms with Gasteiger partial charge in [0.05, 0.1) is 0 Å². The number of esters is 1. The highest BCUT2D eigenvalue weighted by molar-refractivity contribution is 6.30. The third-order valence-corrected chi connectivity index (χ3v) is 5.48. The lowest BCUT2D eigenvalue weighted by atomic mass is 10.0. The molecule has 0 saturated heterocycles. The number of carbonyl (C=O) groups is 1. The van der Waals surface area contributed by atoms with E-state index in [1.54, 1.807) is 13.0 Å². The van der Waals surface area contributed by atoms with Gasteiger partial charge in [-0.25, -0.2) is 4.79 Å². The molecule has 4 heteroatoms. The maximum absolute atomic E-state index is 11.9. The lowest BCUT2D eigenvalue weighted by Crippen LogP contribution is -2.09. The van der Waals surface area contributed by atoms with E-state index >= 15 is 0 Å². The van der Waals surface area contributed by atoms with E-state index in [0.29, 0.717) is 16.3 Å². The number of carbonyl (C=O) groups excluding carboxylic acids is 1. The van der Waals surface area contributed by atoms with E-state index in [2.05, 4.69) is 66.9 Å². The summed E-state index contributed by atoms with van der Waals surface area (Å²) in [5, 5.41) is 0.699. The Morgan fingerprint density at radius 3 is 1.91 bits per heavy atom. The van der Waals surface area contributed by atoms with Crippen molar-refractivity contribution in [3.8, 4) is 16.9 Å². The standard InChI is InChI=1S/C29H24ClNO2/c1-20(2)29(32)33-28-6-4-5-23(19-28)22-9-15-26(16-10-22)31(25-13-7-21(3)8-14-25)27-17-11-24(30)12-18-27/h4-19H,1H2,2-3H3. The molecule has 0 atom stereocenters. The van der Waals surface area contributed by atoms with Crippen molar-refractivity contribution in [2.75, 3.05) is 4.90 Å². The minimum Gasteiger partial charge on any atom is -0.423 e. The van der Waals surface area contributed by atoms with Gasteiger partial charge < -0.3 is 9.64 Å². The van der Waals surface area contributed by atoms with Gasteiger partial charge in [0.25, 0.3) is 0 Å². The molecule has 0 bridgehead atoms. The molecule has 0 heterocycles. The first-order valence-electron chi connectivity index (χ1n) is 10.6. The average Bonchev–Trinajstić information content (AvgIpc) is 2.82. The van der Waals surface area contributed by atoms with Crippen molar-refractivity contribution >= 4 is 34.6 Å². The maximum atomic E-state index is 11.9. The van der Waals surface area contributed by atoms with E-state index in [1.165, 1.54) is 5.56 Å². The Morgan fingerprint density at radius 2 is 1.33 bits per heavy atom. The van der Waals surface area contributed by atoms with Crippen LogP contribution in [0, 0.1) is 6.92 Å². The van der Waals surface area contributed by atoms with Crippen molar-refractivity contribution in [3.05, 3.63) is 120 Å². The minimum absolute atomic E-state index is 0.364. The predicted octanol–water partition coefficient (Wildman–Crippen LogP) is 8.27. The van der Waals surface area contributed by atoms with Crippen molar-refractivity contribution < 1.29 is 9.53 Å². The van der Waals surface area contributed by atoms with Crippen LogP contribution in [0.3, 0.4) is 0 Å². The van der Waals surface area contributed by atoms with Gasteiger partial charge in [-0.1, -0.05) is 60.1 Å². The highest BCUT2D eigenvalue weighted by atomic mass is 35.5. The van der Waals surface area contributed by atoms with Crippen LogP contribution in [0.4, 0.5) is 17.1 Å². The van der Waals surface area contributed by atoms with Gasteiger partial charge in [-0.2, -0.15) is 0 Å². The number of hydrogen-bond acceptors (Lipinski definition) is 3. The monoisotopic (exact) mass is 453 g/mol. The van der Waals surface area contributed by atoms with E-state index in [9.17, 15) is 4.79 Å². The van der Waals surface area contributed by atoms with Gasteiger partial charge in [-0.05, 0) is 85.6 Å². The number of benzene rings is 4. The Hall–Kier alpha value is -3.82. The van der Waals surface area contributed by atoms with Gasteiger partial charge in [0, 0.05) is 27.7 Å². The second kappa shape index (κ2) is 9.76. The van der Waals surface area contributed by atoms with Crippen LogP contribution >= 0.6 is 11.6 Å². The zero-order valence-electron chi connectivity index (χ0n) is 18.6. The highest BCUT2D eigenvalue weighted by Crippen LogP contribution is 2.36. The number of rotatable bonds is 6. The molecule has 0 radical (unpaired) electrons. The molecule has 0 aliphatic heterocycles. The summed E-state index contributed by atoms with van der Waals surface area (Å²) >= 11 is 6.12. The van der Waals surface area contributed by atoms with Crippen LogP contribution < -0.4 is 9.64 Å².